The summed E-state index contributed by atoms with van der Waals surface area (Å²) in [6, 6.07) is 2.59. The normalized spacial score (nSPS) is 16.2. The fourth-order valence-corrected chi connectivity index (χ4v) is 2.27. The summed E-state index contributed by atoms with van der Waals surface area (Å²) in [5.41, 5.74) is 0. The highest BCUT2D eigenvalue weighted by molar-refractivity contribution is 5.50. The quantitative estimate of drug-likeness (QED) is 0.817. The lowest BCUT2D eigenvalue weighted by atomic mass is 10.2. The minimum Gasteiger partial charge on any atom is -0.370 e. The number of nitrogens with zero attached hydrogens (tertiary/aromatic N) is 3. The van der Waals surface area contributed by atoms with Crippen LogP contribution in [0, 0.1) is 0 Å². The maximum absolute atomic E-state index is 4.76. The molecule has 4 nitrogen and oxygen atoms in total. The minimum atomic E-state index is 0.515. The van der Waals surface area contributed by atoms with Crippen molar-refractivity contribution < 1.29 is 0 Å². The summed E-state index contributed by atoms with van der Waals surface area (Å²) in [4.78, 5) is 11.7. The predicted octanol–water partition coefficient (Wildman–Crippen LogP) is 3.41. The maximum Gasteiger partial charge on any atom is 0.136 e. The van der Waals surface area contributed by atoms with Gasteiger partial charge < -0.3 is 10.2 Å². The van der Waals surface area contributed by atoms with Gasteiger partial charge in [-0.15, -0.1) is 0 Å². The molecule has 4 heteroatoms. The highest BCUT2D eigenvalue weighted by Crippen LogP contribution is 2.39. The molecular weight excluding hydrogens is 236 g/mol. The maximum atomic E-state index is 4.76. The van der Waals surface area contributed by atoms with Gasteiger partial charge in [0, 0.05) is 31.6 Å². The van der Waals surface area contributed by atoms with Crippen molar-refractivity contribution in [3.05, 3.63) is 11.9 Å². The summed E-state index contributed by atoms with van der Waals surface area (Å²) < 4.78 is 0. The monoisotopic (exact) mass is 262 g/mol. The molecule has 0 radical (unpaired) electrons. The van der Waals surface area contributed by atoms with Gasteiger partial charge >= 0.3 is 0 Å². The van der Waals surface area contributed by atoms with Crippen molar-refractivity contribution >= 4 is 11.6 Å². The van der Waals surface area contributed by atoms with Gasteiger partial charge in [-0.1, -0.05) is 13.3 Å². The summed E-state index contributed by atoms with van der Waals surface area (Å²) >= 11 is 0. The first kappa shape index (κ1) is 14.1. The van der Waals surface area contributed by atoms with Crippen molar-refractivity contribution in [2.45, 2.75) is 58.4 Å². The van der Waals surface area contributed by atoms with Crippen molar-refractivity contribution in [3.63, 3.8) is 0 Å². The summed E-state index contributed by atoms with van der Waals surface area (Å²) in [7, 11) is 2.13. The Kier molecular flexibility index (Phi) is 4.61. The van der Waals surface area contributed by atoms with Crippen molar-refractivity contribution in [1.29, 1.82) is 0 Å². The molecular formula is C15H26N4. The average Bonchev–Trinajstić information content (AvgIpc) is 3.22. The molecule has 0 amide bonds. The summed E-state index contributed by atoms with van der Waals surface area (Å²) in [5.74, 6) is 3.62. The van der Waals surface area contributed by atoms with Crippen LogP contribution in [0.3, 0.4) is 0 Å². The second kappa shape index (κ2) is 6.22. The zero-order valence-electron chi connectivity index (χ0n) is 12.6. The van der Waals surface area contributed by atoms with Crippen LogP contribution in [-0.4, -0.2) is 29.6 Å². The Labute approximate surface area is 116 Å². The van der Waals surface area contributed by atoms with Gasteiger partial charge in [-0.05, 0) is 33.1 Å². The molecule has 1 aliphatic carbocycles. The number of anilines is 2. The molecule has 0 aromatic carbocycles. The van der Waals surface area contributed by atoms with Gasteiger partial charge in [-0.3, -0.25) is 0 Å². The lowest BCUT2D eigenvalue weighted by molar-refractivity contribution is 0.609. The van der Waals surface area contributed by atoms with Crippen molar-refractivity contribution in [2.24, 2.45) is 0 Å². The molecule has 19 heavy (non-hydrogen) atoms. The first-order chi connectivity index (χ1) is 9.15. The highest BCUT2D eigenvalue weighted by Gasteiger charge is 2.28. The number of nitrogens with one attached hydrogen (secondary N) is 1. The van der Waals surface area contributed by atoms with Crippen molar-refractivity contribution in [2.75, 3.05) is 23.8 Å². The molecule has 1 aliphatic rings. The number of hydrogen-bond acceptors (Lipinski definition) is 4. The Morgan fingerprint density at radius 2 is 2.11 bits per heavy atom. The van der Waals surface area contributed by atoms with E-state index in [4.69, 9.17) is 4.98 Å². The molecule has 106 valence electrons. The molecule has 1 fully saturated rings. The van der Waals surface area contributed by atoms with Crippen LogP contribution in [0.15, 0.2) is 6.07 Å². The van der Waals surface area contributed by atoms with Crippen LogP contribution in [0.2, 0.25) is 0 Å². The summed E-state index contributed by atoms with van der Waals surface area (Å²) in [6.45, 7) is 7.48. The molecule has 1 aromatic heterocycles. The third-order valence-corrected chi connectivity index (χ3v) is 3.76. The predicted molar refractivity (Wildman–Crippen MR) is 80.9 cm³/mol. The third kappa shape index (κ3) is 3.58. The van der Waals surface area contributed by atoms with E-state index in [-0.39, 0.29) is 0 Å². The third-order valence-electron chi connectivity index (χ3n) is 3.76. The van der Waals surface area contributed by atoms with Gasteiger partial charge in [0.1, 0.15) is 17.5 Å². The van der Waals surface area contributed by atoms with E-state index < -0.39 is 0 Å². The molecule has 1 heterocycles. The molecule has 0 saturated heterocycles. The van der Waals surface area contributed by atoms with Crippen molar-refractivity contribution in [3.8, 4) is 0 Å². The summed E-state index contributed by atoms with van der Waals surface area (Å²) in [6.07, 6.45) is 4.87. The standard InChI is InChI=1S/C15H26N4/c1-5-7-11(3)19(4)14-10-13(16-6-2)17-15(18-14)12-8-9-12/h10-12H,5-9H2,1-4H3,(H,16,17,18). The van der Waals surface area contributed by atoms with Gasteiger partial charge in [-0.2, -0.15) is 0 Å². The SMILES string of the molecule is CCCC(C)N(C)c1cc(NCC)nc(C2CC2)n1. The Balaban J connectivity index is 2.22. The van der Waals surface area contributed by atoms with E-state index in [1.54, 1.807) is 0 Å². The highest BCUT2D eigenvalue weighted by atomic mass is 15.2. The van der Waals surface area contributed by atoms with E-state index in [9.17, 15) is 0 Å². The van der Waals surface area contributed by atoms with Crippen LogP contribution in [0.1, 0.15) is 58.2 Å². The Morgan fingerprint density at radius 3 is 2.68 bits per heavy atom. The summed E-state index contributed by atoms with van der Waals surface area (Å²) in [5, 5.41) is 3.32. The van der Waals surface area contributed by atoms with E-state index in [2.05, 4.69) is 49.1 Å². The van der Waals surface area contributed by atoms with Crippen LogP contribution in [-0.2, 0) is 0 Å². The van der Waals surface area contributed by atoms with Crippen LogP contribution >= 0.6 is 0 Å². The van der Waals surface area contributed by atoms with Crippen LogP contribution < -0.4 is 10.2 Å². The lowest BCUT2D eigenvalue weighted by Crippen LogP contribution is -2.29. The van der Waals surface area contributed by atoms with E-state index in [1.165, 1.54) is 25.7 Å². The molecule has 1 unspecified atom stereocenters. The van der Waals surface area contributed by atoms with Gasteiger partial charge in [0.15, 0.2) is 0 Å². The topological polar surface area (TPSA) is 41.0 Å². The fourth-order valence-electron chi connectivity index (χ4n) is 2.27. The largest absolute Gasteiger partial charge is 0.370 e. The van der Waals surface area contributed by atoms with E-state index >= 15 is 0 Å². The molecule has 0 bridgehead atoms. The Morgan fingerprint density at radius 1 is 1.37 bits per heavy atom. The molecule has 1 saturated carbocycles. The first-order valence-electron chi connectivity index (χ1n) is 7.51. The van der Waals surface area contributed by atoms with Crippen LogP contribution in [0.5, 0.6) is 0 Å². The van der Waals surface area contributed by atoms with Gasteiger partial charge in [0.05, 0.1) is 0 Å². The van der Waals surface area contributed by atoms with Crippen LogP contribution in [0.4, 0.5) is 11.6 Å². The molecule has 1 atom stereocenters. The van der Waals surface area contributed by atoms with Crippen molar-refractivity contribution in [1.82, 2.24) is 9.97 Å². The molecule has 0 aliphatic heterocycles. The fraction of sp³-hybridized carbons (Fsp3) is 0.733. The van der Waals surface area contributed by atoms with E-state index in [0.29, 0.717) is 12.0 Å². The second-order valence-electron chi connectivity index (χ2n) is 5.52. The zero-order chi connectivity index (χ0) is 13.8. The number of rotatable bonds is 7. The number of hydrogen-bond donors (Lipinski definition) is 1. The molecule has 1 aromatic rings. The Bertz CT molecular complexity index is 415. The van der Waals surface area contributed by atoms with Gasteiger partial charge in [-0.25, -0.2) is 9.97 Å². The second-order valence-corrected chi connectivity index (χ2v) is 5.52. The van der Waals surface area contributed by atoms with Gasteiger partial charge in [0.2, 0.25) is 0 Å². The van der Waals surface area contributed by atoms with E-state index in [0.717, 1.165) is 24.0 Å². The Hall–Kier alpha value is -1.32. The van der Waals surface area contributed by atoms with E-state index in [1.807, 2.05) is 0 Å². The molecule has 2 rings (SSSR count). The molecule has 0 spiro atoms. The zero-order valence-corrected chi connectivity index (χ0v) is 12.6. The van der Waals surface area contributed by atoms with Crippen LogP contribution in [0.25, 0.3) is 0 Å². The van der Waals surface area contributed by atoms with Gasteiger partial charge in [0.25, 0.3) is 0 Å². The number of aromatic nitrogens is 2. The smallest absolute Gasteiger partial charge is 0.136 e. The minimum absolute atomic E-state index is 0.515. The average molecular weight is 262 g/mol. The lowest BCUT2D eigenvalue weighted by Gasteiger charge is -2.26. The molecule has 1 N–H and O–H groups in total. The first-order valence-corrected chi connectivity index (χ1v) is 7.51.